The monoisotopic (exact) mass is 387 g/mol. The Labute approximate surface area is 168 Å². The molecule has 0 unspecified atom stereocenters. The van der Waals surface area contributed by atoms with E-state index in [1.165, 1.54) is 11.8 Å². The molecule has 0 aliphatic carbocycles. The normalized spacial score (nSPS) is 11.2. The number of nitrogens with one attached hydrogen (secondary N) is 1. The van der Waals surface area contributed by atoms with E-state index < -0.39 is 0 Å². The predicted octanol–water partition coefficient (Wildman–Crippen LogP) is 4.87. The topological polar surface area (TPSA) is 84.6 Å². The van der Waals surface area contributed by atoms with Gasteiger partial charge in [0.2, 0.25) is 5.95 Å². The summed E-state index contributed by atoms with van der Waals surface area (Å²) in [4.78, 5) is 8.78. The summed E-state index contributed by atoms with van der Waals surface area (Å²) in [6, 6.07) is 17.5. The molecule has 4 aromatic rings. The molecule has 0 radical (unpaired) electrons. The van der Waals surface area contributed by atoms with E-state index in [1.807, 2.05) is 29.8 Å². The van der Waals surface area contributed by atoms with Crippen LogP contribution in [0.2, 0.25) is 0 Å². The first kappa shape index (κ1) is 18.5. The molecule has 0 aliphatic heterocycles. The van der Waals surface area contributed by atoms with Crippen LogP contribution < -0.4 is 10.1 Å². The number of anilines is 2. The first-order valence-electron chi connectivity index (χ1n) is 9.30. The predicted molar refractivity (Wildman–Crippen MR) is 114 cm³/mol. The summed E-state index contributed by atoms with van der Waals surface area (Å²) in [5, 5.41) is 15.0. The molecule has 7 heteroatoms. The number of benzene rings is 2. The van der Waals surface area contributed by atoms with Crippen LogP contribution in [-0.4, -0.2) is 26.0 Å². The highest BCUT2D eigenvalue weighted by Crippen LogP contribution is 2.28. The molecule has 29 heavy (non-hydrogen) atoms. The first-order chi connectivity index (χ1) is 14.2. The van der Waals surface area contributed by atoms with Gasteiger partial charge >= 0.3 is 0 Å². The minimum atomic E-state index is 0.504. The van der Waals surface area contributed by atoms with Gasteiger partial charge in [-0.15, -0.1) is 0 Å². The van der Waals surface area contributed by atoms with Crippen LogP contribution >= 0.6 is 0 Å². The summed E-state index contributed by atoms with van der Waals surface area (Å²) in [7, 11) is 1.97. The maximum absolute atomic E-state index is 8.65. The van der Waals surface area contributed by atoms with Crippen molar-refractivity contribution in [1.29, 1.82) is 0 Å². The molecular formula is C22H21N5O2. The fraction of sp³-hybridized carbons (Fsp3) is 0.136. The lowest BCUT2D eigenvalue weighted by molar-refractivity contribution is 0.321. The fourth-order valence-electron chi connectivity index (χ4n) is 3.07. The van der Waals surface area contributed by atoms with Gasteiger partial charge in [-0.3, -0.25) is 4.98 Å². The molecule has 0 saturated carbocycles. The lowest BCUT2D eigenvalue weighted by Crippen LogP contribution is -1.99. The standard InChI is InChI=1S/C22H21N5O2/c1-3-15-4-6-16(7-5-15)25-22-26-20-13-18(8-9-21(20)27(22)2)29-19-10-11-23-17(12-19)14-24-28/h4-14,28H,3H2,1-2H3,(H,25,26)/b24-14-. The van der Waals surface area contributed by atoms with Crippen LogP contribution in [0.3, 0.4) is 0 Å². The van der Waals surface area contributed by atoms with Crippen LogP contribution in [0.4, 0.5) is 11.6 Å². The van der Waals surface area contributed by atoms with Gasteiger partial charge < -0.3 is 19.8 Å². The van der Waals surface area contributed by atoms with E-state index in [2.05, 4.69) is 46.6 Å². The number of hydrogen-bond donors (Lipinski definition) is 2. The summed E-state index contributed by atoms with van der Waals surface area (Å²) in [5.74, 6) is 2.01. The Kier molecular flexibility index (Phi) is 5.11. The van der Waals surface area contributed by atoms with E-state index in [9.17, 15) is 0 Å². The van der Waals surface area contributed by atoms with Crippen molar-refractivity contribution in [1.82, 2.24) is 14.5 Å². The van der Waals surface area contributed by atoms with Crippen LogP contribution in [-0.2, 0) is 13.5 Å². The third-order valence-corrected chi connectivity index (χ3v) is 4.65. The second-order valence-corrected chi connectivity index (χ2v) is 6.58. The van der Waals surface area contributed by atoms with Crippen molar-refractivity contribution in [3.05, 3.63) is 72.1 Å². The molecule has 0 fully saturated rings. The molecule has 0 spiro atoms. The van der Waals surface area contributed by atoms with Crippen molar-refractivity contribution in [2.45, 2.75) is 13.3 Å². The average molecular weight is 387 g/mol. The van der Waals surface area contributed by atoms with E-state index in [4.69, 9.17) is 14.9 Å². The number of aromatic nitrogens is 3. The summed E-state index contributed by atoms with van der Waals surface area (Å²) in [6.45, 7) is 2.14. The highest BCUT2D eigenvalue weighted by atomic mass is 16.5. The first-order valence-corrected chi connectivity index (χ1v) is 9.30. The Hall–Kier alpha value is -3.87. The van der Waals surface area contributed by atoms with E-state index in [-0.39, 0.29) is 0 Å². The van der Waals surface area contributed by atoms with E-state index >= 15 is 0 Å². The molecule has 0 saturated heterocycles. The molecule has 0 amide bonds. The number of nitrogens with zero attached hydrogens (tertiary/aromatic N) is 4. The fourth-order valence-corrected chi connectivity index (χ4v) is 3.07. The SMILES string of the molecule is CCc1ccc(Nc2nc3cc(Oc4ccnc(/C=N\O)c4)ccc3n2C)cc1. The third-order valence-electron chi connectivity index (χ3n) is 4.65. The number of oxime groups is 1. The lowest BCUT2D eigenvalue weighted by atomic mass is 10.1. The van der Waals surface area contributed by atoms with Crippen molar-refractivity contribution in [2.75, 3.05) is 5.32 Å². The smallest absolute Gasteiger partial charge is 0.208 e. The molecule has 7 nitrogen and oxygen atoms in total. The van der Waals surface area contributed by atoms with Crippen LogP contribution in [0, 0.1) is 0 Å². The molecule has 4 rings (SSSR count). The van der Waals surface area contributed by atoms with Gasteiger partial charge in [-0.25, -0.2) is 4.98 Å². The molecule has 0 aliphatic rings. The molecule has 146 valence electrons. The highest BCUT2D eigenvalue weighted by molar-refractivity contribution is 5.81. The minimum Gasteiger partial charge on any atom is -0.457 e. The van der Waals surface area contributed by atoms with Gasteiger partial charge in [-0.05, 0) is 42.3 Å². The van der Waals surface area contributed by atoms with Gasteiger partial charge in [0.15, 0.2) is 0 Å². The zero-order valence-electron chi connectivity index (χ0n) is 16.2. The van der Waals surface area contributed by atoms with E-state index in [0.29, 0.717) is 17.2 Å². The maximum atomic E-state index is 8.65. The molecule has 2 heterocycles. The number of ether oxygens (including phenoxy) is 1. The van der Waals surface area contributed by atoms with Crippen LogP contribution in [0.5, 0.6) is 11.5 Å². The van der Waals surface area contributed by atoms with Gasteiger partial charge in [-0.2, -0.15) is 0 Å². The van der Waals surface area contributed by atoms with Crippen molar-refractivity contribution in [2.24, 2.45) is 12.2 Å². The Morgan fingerprint density at radius 1 is 1.10 bits per heavy atom. The largest absolute Gasteiger partial charge is 0.457 e. The van der Waals surface area contributed by atoms with Gasteiger partial charge in [0.1, 0.15) is 11.5 Å². The van der Waals surface area contributed by atoms with Crippen molar-refractivity contribution >= 4 is 28.9 Å². The highest BCUT2D eigenvalue weighted by Gasteiger charge is 2.10. The van der Waals surface area contributed by atoms with Gasteiger partial charge in [0.05, 0.1) is 22.9 Å². The Balaban J connectivity index is 1.58. The zero-order valence-corrected chi connectivity index (χ0v) is 16.2. The second-order valence-electron chi connectivity index (χ2n) is 6.58. The second kappa shape index (κ2) is 8.02. The Morgan fingerprint density at radius 3 is 2.66 bits per heavy atom. The lowest BCUT2D eigenvalue weighted by Gasteiger charge is -2.07. The Morgan fingerprint density at radius 2 is 1.90 bits per heavy atom. The number of rotatable bonds is 6. The number of fused-ring (bicyclic) bond motifs is 1. The molecule has 0 bridgehead atoms. The van der Waals surface area contributed by atoms with Crippen molar-refractivity contribution < 1.29 is 9.94 Å². The third kappa shape index (κ3) is 4.03. The molecule has 2 N–H and O–H groups in total. The molecule has 2 aromatic heterocycles. The maximum Gasteiger partial charge on any atom is 0.208 e. The number of pyridine rings is 1. The molecular weight excluding hydrogens is 366 g/mol. The quantitative estimate of drug-likeness (QED) is 0.280. The van der Waals surface area contributed by atoms with Crippen LogP contribution in [0.25, 0.3) is 11.0 Å². The Bertz CT molecular complexity index is 1170. The number of imidazole rings is 1. The summed E-state index contributed by atoms with van der Waals surface area (Å²) < 4.78 is 7.92. The van der Waals surface area contributed by atoms with Crippen molar-refractivity contribution in [3.63, 3.8) is 0 Å². The summed E-state index contributed by atoms with van der Waals surface area (Å²) in [6.07, 6.45) is 3.86. The minimum absolute atomic E-state index is 0.504. The van der Waals surface area contributed by atoms with Crippen LogP contribution in [0.1, 0.15) is 18.2 Å². The van der Waals surface area contributed by atoms with Crippen molar-refractivity contribution in [3.8, 4) is 11.5 Å². The van der Waals surface area contributed by atoms with E-state index in [1.54, 1.807) is 18.3 Å². The van der Waals surface area contributed by atoms with Crippen LogP contribution in [0.15, 0.2) is 65.9 Å². The van der Waals surface area contributed by atoms with Gasteiger partial charge in [-0.1, -0.05) is 24.2 Å². The average Bonchev–Trinajstić information content (AvgIpc) is 3.04. The number of hydrogen-bond acceptors (Lipinski definition) is 6. The van der Waals surface area contributed by atoms with Gasteiger partial charge in [0, 0.05) is 31.1 Å². The molecule has 2 aromatic carbocycles. The molecule has 0 atom stereocenters. The van der Waals surface area contributed by atoms with E-state index in [0.717, 1.165) is 29.1 Å². The number of aryl methyl sites for hydroxylation is 2. The van der Waals surface area contributed by atoms with Gasteiger partial charge in [0.25, 0.3) is 0 Å². The summed E-state index contributed by atoms with van der Waals surface area (Å²) >= 11 is 0. The summed E-state index contributed by atoms with van der Waals surface area (Å²) in [5.41, 5.74) is 4.61. The zero-order chi connectivity index (χ0) is 20.2.